The van der Waals surface area contributed by atoms with Gasteiger partial charge in [-0.2, -0.15) is 4.57 Å². The molecule has 3 aliphatic rings. The van der Waals surface area contributed by atoms with Crippen molar-refractivity contribution in [2.75, 3.05) is 6.54 Å². The fraction of sp³-hybridized carbons (Fsp3) is 0.280. The van der Waals surface area contributed by atoms with E-state index in [1.54, 1.807) is 11.0 Å². The van der Waals surface area contributed by atoms with Gasteiger partial charge in [-0.05, 0) is 18.1 Å². The summed E-state index contributed by atoms with van der Waals surface area (Å²) < 4.78 is 2.08. The minimum absolute atomic E-state index is 0.0246. The van der Waals surface area contributed by atoms with Crippen LogP contribution in [-0.4, -0.2) is 46.2 Å². The minimum Gasteiger partial charge on any atom is -0.543 e. The van der Waals surface area contributed by atoms with E-state index in [0.717, 1.165) is 11.3 Å². The van der Waals surface area contributed by atoms with Crippen LogP contribution < -0.4 is 9.67 Å². The number of allylic oxidation sites excluding steroid dienone is 2. The largest absolute Gasteiger partial charge is 0.543 e. The zero-order valence-electron chi connectivity index (χ0n) is 17.7. The Kier molecular flexibility index (Phi) is 4.89. The molecule has 2 fully saturated rings. The zero-order chi connectivity index (χ0) is 22.4. The molecule has 2 aromatic rings. The topological polar surface area (TPSA) is 84.6 Å². The predicted molar refractivity (Wildman–Crippen MR) is 113 cm³/mol. The quantitative estimate of drug-likeness (QED) is 0.512. The number of carbonyl (C=O) groups is 3. The van der Waals surface area contributed by atoms with Crippen LogP contribution in [0.15, 0.2) is 72.1 Å². The van der Waals surface area contributed by atoms with Crippen LogP contribution in [0.5, 0.6) is 0 Å². The number of hydrogen-bond donors (Lipinski definition) is 0. The molecule has 1 aromatic carbocycles. The molecule has 2 unspecified atom stereocenters. The van der Waals surface area contributed by atoms with Crippen molar-refractivity contribution in [3.8, 4) is 0 Å². The second-order valence-corrected chi connectivity index (χ2v) is 8.51. The summed E-state index contributed by atoms with van der Waals surface area (Å²) >= 11 is 0. The van der Waals surface area contributed by atoms with E-state index in [0.29, 0.717) is 25.1 Å². The fourth-order valence-electron chi connectivity index (χ4n) is 5.19. The molecule has 0 saturated carbocycles. The number of aliphatic carboxylic acids is 1. The maximum absolute atomic E-state index is 12.7. The number of pyridine rings is 1. The summed E-state index contributed by atoms with van der Waals surface area (Å²) in [6.45, 7) is 2.59. The first kappa shape index (κ1) is 20.2. The molecule has 7 heteroatoms. The number of rotatable bonds is 5. The number of carbonyl (C=O) groups excluding carboxylic acids is 3. The van der Waals surface area contributed by atoms with Gasteiger partial charge in [0.15, 0.2) is 12.7 Å². The van der Waals surface area contributed by atoms with Crippen molar-refractivity contribution in [1.29, 1.82) is 0 Å². The molecule has 7 nitrogen and oxygen atoms in total. The van der Waals surface area contributed by atoms with Crippen LogP contribution in [0.3, 0.4) is 0 Å². The number of likely N-dealkylation sites (tertiary alicyclic amines) is 1. The summed E-state index contributed by atoms with van der Waals surface area (Å²) in [5.74, 6) is -1.83. The van der Waals surface area contributed by atoms with Crippen molar-refractivity contribution in [2.45, 2.75) is 32.0 Å². The lowest BCUT2D eigenvalue weighted by Crippen LogP contribution is -2.69. The molecule has 0 radical (unpaired) electrons. The Morgan fingerprint density at radius 3 is 2.59 bits per heavy atom. The van der Waals surface area contributed by atoms with E-state index in [1.807, 2.05) is 48.7 Å². The van der Waals surface area contributed by atoms with Crippen LogP contribution in [-0.2, 0) is 20.9 Å². The van der Waals surface area contributed by atoms with Crippen LogP contribution in [0.1, 0.15) is 24.6 Å². The fourth-order valence-corrected chi connectivity index (χ4v) is 5.19. The normalized spacial score (nSPS) is 24.0. The Morgan fingerprint density at radius 1 is 1.12 bits per heavy atom. The van der Waals surface area contributed by atoms with Crippen LogP contribution in [0.2, 0.25) is 0 Å². The summed E-state index contributed by atoms with van der Waals surface area (Å²) in [6.07, 6.45) is 6.11. The van der Waals surface area contributed by atoms with E-state index in [1.165, 1.54) is 11.8 Å². The first-order valence-corrected chi connectivity index (χ1v) is 10.7. The summed E-state index contributed by atoms with van der Waals surface area (Å²) in [5.41, 5.74) is 2.55. The molecular weight excluding hydrogens is 406 g/mol. The summed E-state index contributed by atoms with van der Waals surface area (Å²) in [7, 11) is 0. The zero-order valence-corrected chi connectivity index (χ0v) is 17.7. The van der Waals surface area contributed by atoms with E-state index in [2.05, 4.69) is 16.7 Å². The highest BCUT2D eigenvalue weighted by Crippen LogP contribution is 2.47. The van der Waals surface area contributed by atoms with Gasteiger partial charge >= 0.3 is 0 Å². The highest BCUT2D eigenvalue weighted by Gasteiger charge is 2.62. The molecule has 0 spiro atoms. The van der Waals surface area contributed by atoms with E-state index < -0.39 is 12.0 Å². The van der Waals surface area contributed by atoms with Gasteiger partial charge in [0.25, 0.3) is 5.91 Å². The van der Waals surface area contributed by atoms with Crippen LogP contribution in [0, 0.1) is 5.92 Å². The highest BCUT2D eigenvalue weighted by atomic mass is 16.4. The van der Waals surface area contributed by atoms with Gasteiger partial charge in [0.05, 0.1) is 17.7 Å². The third-order valence-corrected chi connectivity index (χ3v) is 6.61. The van der Waals surface area contributed by atoms with Gasteiger partial charge in [0.1, 0.15) is 6.04 Å². The van der Waals surface area contributed by atoms with Gasteiger partial charge in [-0.1, -0.05) is 36.4 Å². The molecule has 0 aliphatic carbocycles. The van der Waals surface area contributed by atoms with Crippen molar-refractivity contribution in [2.24, 2.45) is 5.92 Å². The van der Waals surface area contributed by atoms with Gasteiger partial charge in [-0.3, -0.25) is 9.59 Å². The molecule has 1 aromatic heterocycles. The van der Waals surface area contributed by atoms with Crippen molar-refractivity contribution in [1.82, 2.24) is 9.80 Å². The second kappa shape index (κ2) is 7.75. The summed E-state index contributed by atoms with van der Waals surface area (Å²) in [6, 6.07) is 15.1. The summed E-state index contributed by atoms with van der Waals surface area (Å²) in [5, 5.41) is 12.0. The Labute approximate surface area is 185 Å². The number of aromatic nitrogens is 1. The van der Waals surface area contributed by atoms with Gasteiger partial charge in [-0.25, -0.2) is 0 Å². The predicted octanol–water partition coefficient (Wildman–Crippen LogP) is 0.501. The number of hydrogen-bond acceptors (Lipinski definition) is 4. The highest BCUT2D eigenvalue weighted by molar-refractivity contribution is 6.02. The lowest BCUT2D eigenvalue weighted by molar-refractivity contribution is -0.690. The van der Waals surface area contributed by atoms with Crippen LogP contribution >= 0.6 is 0 Å². The molecule has 5 rings (SSSR count). The molecule has 3 aliphatic heterocycles. The summed E-state index contributed by atoms with van der Waals surface area (Å²) in [4.78, 5) is 39.6. The smallest absolute Gasteiger partial charge is 0.252 e. The molecule has 3 atom stereocenters. The molecule has 0 bridgehead atoms. The molecule has 32 heavy (non-hydrogen) atoms. The average molecular weight is 429 g/mol. The second-order valence-electron chi connectivity index (χ2n) is 8.51. The Hall–Kier alpha value is -3.74. The van der Waals surface area contributed by atoms with Gasteiger partial charge in [0, 0.05) is 43.2 Å². The van der Waals surface area contributed by atoms with Gasteiger partial charge in [0.2, 0.25) is 11.6 Å². The maximum Gasteiger partial charge on any atom is 0.252 e. The number of amides is 2. The molecular formula is C25H23N3O4. The van der Waals surface area contributed by atoms with E-state index >= 15 is 0 Å². The first-order chi connectivity index (χ1) is 15.5. The van der Waals surface area contributed by atoms with E-state index in [9.17, 15) is 19.5 Å². The molecule has 2 amide bonds. The SMILES string of the molecule is CC(=O)N1CC2CC(/C=C/c3cccc[n+]3Cc3ccccc3)=C(C(=O)[O-])N3C(=O)C1[C@@H]23. The average Bonchev–Trinajstić information content (AvgIpc) is 3.15. The third-order valence-electron chi connectivity index (χ3n) is 6.61. The van der Waals surface area contributed by atoms with Crippen molar-refractivity contribution >= 4 is 23.9 Å². The molecule has 162 valence electrons. The molecule has 4 heterocycles. The first-order valence-electron chi connectivity index (χ1n) is 10.7. The van der Waals surface area contributed by atoms with Crippen LogP contribution in [0.25, 0.3) is 6.08 Å². The van der Waals surface area contributed by atoms with E-state index in [4.69, 9.17) is 0 Å². The Bertz CT molecular complexity index is 1170. The Balaban J connectivity index is 1.47. The van der Waals surface area contributed by atoms with E-state index in [-0.39, 0.29) is 29.5 Å². The van der Waals surface area contributed by atoms with Crippen LogP contribution in [0.4, 0.5) is 0 Å². The number of β-lactam (4-membered cyclic amide) rings is 1. The van der Waals surface area contributed by atoms with Crippen molar-refractivity contribution < 1.29 is 24.1 Å². The molecule has 0 N–H and O–H groups in total. The number of benzene rings is 1. The van der Waals surface area contributed by atoms with Crippen molar-refractivity contribution in [3.63, 3.8) is 0 Å². The monoisotopic (exact) mass is 429 g/mol. The number of carboxylic acids is 1. The van der Waals surface area contributed by atoms with Gasteiger partial charge < -0.3 is 19.7 Å². The lowest BCUT2D eigenvalue weighted by atomic mass is 9.79. The lowest BCUT2D eigenvalue weighted by Gasteiger charge is -2.50. The number of nitrogens with zero attached hydrogens (tertiary/aromatic N) is 3. The Morgan fingerprint density at radius 2 is 1.88 bits per heavy atom. The minimum atomic E-state index is -1.36. The number of carboxylic acid groups (broad SMARTS) is 1. The van der Waals surface area contributed by atoms with Crippen molar-refractivity contribution in [3.05, 3.63) is 83.3 Å². The maximum atomic E-state index is 12.7. The molecule has 2 saturated heterocycles. The third kappa shape index (κ3) is 3.21. The van der Waals surface area contributed by atoms with Gasteiger partial charge in [-0.15, -0.1) is 0 Å². The standard InChI is InChI=1S/C25H23N3O4/c1-16(29)27-15-19-13-18(22(25(31)32)28-21(19)23(27)24(28)30)10-11-20-9-5-6-12-26(20)14-17-7-3-2-4-8-17/h2-12,19,21,23H,13-15H2,1H3/t19?,21-,23?/m1/s1.